The second-order valence-corrected chi connectivity index (χ2v) is 7.74. The minimum Gasteiger partial charge on any atom is -0.460 e. The number of nitrogens with zero attached hydrogens (tertiary/aromatic N) is 2. The maximum atomic E-state index is 12.2. The van der Waals surface area contributed by atoms with Gasteiger partial charge in [-0.15, -0.1) is 0 Å². The van der Waals surface area contributed by atoms with Gasteiger partial charge < -0.3 is 9.15 Å². The van der Waals surface area contributed by atoms with Crippen molar-refractivity contribution in [2.45, 2.75) is 18.6 Å². The molecule has 4 rings (SSSR count). The van der Waals surface area contributed by atoms with E-state index in [0.717, 1.165) is 16.6 Å². The Balaban J connectivity index is 1.44. The normalized spacial score (nSPS) is 11.1. The predicted molar refractivity (Wildman–Crippen MR) is 112 cm³/mol. The minimum absolute atomic E-state index is 0.0513. The number of aryl methyl sites for hydroxylation is 1. The van der Waals surface area contributed by atoms with Crippen LogP contribution in [0.3, 0.4) is 0 Å². The quantitative estimate of drug-likeness (QED) is 0.263. The number of benzene rings is 2. The summed E-state index contributed by atoms with van der Waals surface area (Å²) in [4.78, 5) is 32.8. The Labute approximate surface area is 174 Å². The third kappa shape index (κ3) is 4.41. The summed E-state index contributed by atoms with van der Waals surface area (Å²) >= 11 is 7.42. The van der Waals surface area contributed by atoms with E-state index in [-0.39, 0.29) is 12.4 Å². The highest BCUT2D eigenvalue weighted by Gasteiger charge is 2.12. The van der Waals surface area contributed by atoms with Crippen LogP contribution >= 0.6 is 23.4 Å². The molecule has 0 fully saturated rings. The Morgan fingerprint density at radius 2 is 2.00 bits per heavy atom. The van der Waals surface area contributed by atoms with Crippen molar-refractivity contribution in [1.82, 2.24) is 9.97 Å². The number of para-hydroxylation sites is 2. The molecule has 146 valence electrons. The van der Waals surface area contributed by atoms with E-state index in [9.17, 15) is 9.59 Å². The Morgan fingerprint density at radius 3 is 2.83 bits per heavy atom. The molecule has 0 N–H and O–H groups in total. The molecule has 0 saturated heterocycles. The van der Waals surface area contributed by atoms with Gasteiger partial charge in [0.15, 0.2) is 0 Å². The summed E-state index contributed by atoms with van der Waals surface area (Å²) in [6, 6.07) is 12.2. The van der Waals surface area contributed by atoms with E-state index < -0.39 is 11.6 Å². The van der Waals surface area contributed by atoms with Gasteiger partial charge >= 0.3 is 11.6 Å². The fourth-order valence-electron chi connectivity index (χ4n) is 2.81. The number of hydrogen-bond acceptors (Lipinski definition) is 7. The first-order valence-electron chi connectivity index (χ1n) is 8.73. The van der Waals surface area contributed by atoms with Gasteiger partial charge in [0.2, 0.25) is 0 Å². The monoisotopic (exact) mass is 426 g/mol. The van der Waals surface area contributed by atoms with Gasteiger partial charge in [-0.25, -0.2) is 9.78 Å². The van der Waals surface area contributed by atoms with Crippen LogP contribution < -0.4 is 5.63 Å². The summed E-state index contributed by atoms with van der Waals surface area (Å²) in [5.74, 6) is -0.351. The summed E-state index contributed by atoms with van der Waals surface area (Å²) in [7, 11) is 0. The van der Waals surface area contributed by atoms with Crippen LogP contribution in [0.2, 0.25) is 5.02 Å². The maximum Gasteiger partial charge on any atom is 0.336 e. The van der Waals surface area contributed by atoms with Crippen molar-refractivity contribution in [1.29, 1.82) is 0 Å². The average Bonchev–Trinajstić information content (AvgIpc) is 2.71. The van der Waals surface area contributed by atoms with Crippen LogP contribution in [0, 0.1) is 6.92 Å². The molecule has 2 heterocycles. The van der Waals surface area contributed by atoms with Crippen LogP contribution in [-0.4, -0.2) is 21.7 Å². The second-order valence-electron chi connectivity index (χ2n) is 6.33. The van der Waals surface area contributed by atoms with Crippen molar-refractivity contribution < 1.29 is 13.9 Å². The fourth-order valence-corrected chi connectivity index (χ4v) is 3.61. The highest BCUT2D eigenvalue weighted by atomic mass is 35.5. The van der Waals surface area contributed by atoms with Crippen molar-refractivity contribution in [3.63, 3.8) is 0 Å². The van der Waals surface area contributed by atoms with E-state index in [2.05, 4.69) is 9.97 Å². The summed E-state index contributed by atoms with van der Waals surface area (Å²) in [5.41, 5.74) is 2.80. The first-order chi connectivity index (χ1) is 14.0. The first kappa shape index (κ1) is 19.4. The third-order valence-electron chi connectivity index (χ3n) is 4.26. The molecule has 0 aliphatic rings. The number of fused-ring (bicyclic) bond motifs is 2. The number of carbonyl (C=O) groups is 1. The molecule has 29 heavy (non-hydrogen) atoms. The van der Waals surface area contributed by atoms with Crippen LogP contribution in [0.5, 0.6) is 0 Å². The van der Waals surface area contributed by atoms with Crippen LogP contribution in [0.15, 0.2) is 62.9 Å². The molecule has 2 aromatic heterocycles. The number of rotatable bonds is 5. The van der Waals surface area contributed by atoms with Gasteiger partial charge in [-0.2, -0.15) is 0 Å². The number of aromatic nitrogens is 2. The highest BCUT2D eigenvalue weighted by Crippen LogP contribution is 2.26. The Kier molecular flexibility index (Phi) is 5.51. The van der Waals surface area contributed by atoms with E-state index in [1.54, 1.807) is 18.3 Å². The fraction of sp³-hybridized carbons (Fsp3) is 0.143. The lowest BCUT2D eigenvalue weighted by Crippen LogP contribution is -2.09. The second kappa shape index (κ2) is 8.23. The zero-order chi connectivity index (χ0) is 20.4. The molecule has 6 nitrogen and oxygen atoms in total. The molecule has 0 aliphatic heterocycles. The number of thioether (sulfide) groups is 1. The van der Waals surface area contributed by atoms with Gasteiger partial charge in [0.25, 0.3) is 0 Å². The lowest BCUT2D eigenvalue weighted by atomic mass is 10.1. The van der Waals surface area contributed by atoms with E-state index in [4.69, 9.17) is 20.8 Å². The first-order valence-corrected chi connectivity index (χ1v) is 10.1. The van der Waals surface area contributed by atoms with Gasteiger partial charge in [-0.1, -0.05) is 35.5 Å². The summed E-state index contributed by atoms with van der Waals surface area (Å²) in [6.07, 6.45) is 1.63. The van der Waals surface area contributed by atoms with Crippen LogP contribution in [-0.2, 0) is 16.1 Å². The minimum atomic E-state index is -0.508. The van der Waals surface area contributed by atoms with E-state index >= 15 is 0 Å². The van der Waals surface area contributed by atoms with Crippen molar-refractivity contribution in [2.75, 3.05) is 5.75 Å². The molecule has 8 heteroatoms. The number of carbonyl (C=O) groups excluding carboxylic acids is 1. The number of hydrogen-bond donors (Lipinski definition) is 0. The van der Waals surface area contributed by atoms with E-state index in [1.165, 1.54) is 17.8 Å². The lowest BCUT2D eigenvalue weighted by molar-refractivity contribution is -0.141. The van der Waals surface area contributed by atoms with Gasteiger partial charge in [0.1, 0.15) is 17.2 Å². The number of halogens is 1. The molecule has 0 amide bonds. The Morgan fingerprint density at radius 1 is 1.21 bits per heavy atom. The van der Waals surface area contributed by atoms with Crippen LogP contribution in [0.4, 0.5) is 0 Å². The van der Waals surface area contributed by atoms with Crippen molar-refractivity contribution >= 4 is 51.3 Å². The van der Waals surface area contributed by atoms with Gasteiger partial charge in [0.05, 0.1) is 23.0 Å². The Hall–Kier alpha value is -2.90. The number of esters is 1. The van der Waals surface area contributed by atoms with Crippen molar-refractivity contribution in [3.05, 3.63) is 75.2 Å². The molecule has 0 saturated carbocycles. The standard InChI is InChI=1S/C21H15ClN2O4S/c1-12-6-18-14(8-15(12)22)13(7-20(25)28-18)10-27-21(26)11-29-19-9-23-16-4-2-3-5-17(16)24-19/h2-9H,10-11H2,1H3. The lowest BCUT2D eigenvalue weighted by Gasteiger charge is -2.08. The predicted octanol–water partition coefficient (Wildman–Crippen LogP) is 4.53. The SMILES string of the molecule is Cc1cc2oc(=O)cc(COC(=O)CSc3cnc4ccccc4n3)c2cc1Cl. The average molecular weight is 427 g/mol. The van der Waals surface area contributed by atoms with Crippen LogP contribution in [0.1, 0.15) is 11.1 Å². The maximum absolute atomic E-state index is 12.2. The summed E-state index contributed by atoms with van der Waals surface area (Å²) in [6.45, 7) is 1.77. The topological polar surface area (TPSA) is 82.3 Å². The molecule has 0 radical (unpaired) electrons. The van der Waals surface area contributed by atoms with E-state index in [0.29, 0.717) is 26.6 Å². The molecule has 0 aliphatic carbocycles. The van der Waals surface area contributed by atoms with E-state index in [1.807, 2.05) is 31.2 Å². The zero-order valence-corrected chi connectivity index (χ0v) is 16.9. The molecule has 4 aromatic rings. The van der Waals surface area contributed by atoms with Gasteiger partial charge in [0, 0.05) is 22.0 Å². The Bertz CT molecular complexity index is 1290. The molecule has 0 unspecified atom stereocenters. The van der Waals surface area contributed by atoms with Crippen molar-refractivity contribution in [3.8, 4) is 0 Å². The number of ether oxygens (including phenoxy) is 1. The zero-order valence-electron chi connectivity index (χ0n) is 15.3. The molecule has 0 atom stereocenters. The molecule has 0 spiro atoms. The molecule has 2 aromatic carbocycles. The van der Waals surface area contributed by atoms with Gasteiger partial charge in [-0.05, 0) is 36.8 Å². The summed E-state index contributed by atoms with van der Waals surface area (Å²) < 4.78 is 10.6. The largest absolute Gasteiger partial charge is 0.460 e. The highest BCUT2D eigenvalue weighted by molar-refractivity contribution is 7.99. The smallest absolute Gasteiger partial charge is 0.336 e. The summed E-state index contributed by atoms with van der Waals surface area (Å²) in [5, 5.41) is 1.82. The molecular weight excluding hydrogens is 412 g/mol. The third-order valence-corrected chi connectivity index (χ3v) is 5.54. The van der Waals surface area contributed by atoms with Gasteiger partial charge in [-0.3, -0.25) is 9.78 Å². The molecule has 0 bridgehead atoms. The molecular formula is C21H15ClN2O4S. The van der Waals surface area contributed by atoms with Crippen LogP contribution in [0.25, 0.3) is 22.0 Å². The van der Waals surface area contributed by atoms with Crippen molar-refractivity contribution in [2.24, 2.45) is 0 Å².